The predicted molar refractivity (Wildman–Crippen MR) is 105 cm³/mol. The Balaban J connectivity index is 2.10. The Morgan fingerprint density at radius 2 is 1.46 bits per heavy atom. The fraction of sp³-hybridized carbons (Fsp3) is 0.136. The molecule has 0 amide bonds. The summed E-state index contributed by atoms with van der Waals surface area (Å²) >= 11 is 0. The van der Waals surface area contributed by atoms with Crippen LogP contribution in [0, 0.1) is 6.92 Å². The maximum Gasteiger partial charge on any atom is 0.275 e. The van der Waals surface area contributed by atoms with Crippen molar-refractivity contribution in [2.75, 3.05) is 7.11 Å². The molecule has 4 aromatic rings. The highest BCUT2D eigenvalue weighted by molar-refractivity contribution is 5.81. The molecule has 130 valence electrons. The molecule has 2 aromatic heterocycles. The SMILES string of the molecule is COc1ccc(-c2c(-c3ccc(C)cc3)n(C)c(=O)c3cccn23)cc1. The highest BCUT2D eigenvalue weighted by Gasteiger charge is 2.17. The number of fused-ring (bicyclic) bond motifs is 1. The van der Waals surface area contributed by atoms with Crippen molar-refractivity contribution in [3.63, 3.8) is 0 Å². The zero-order valence-electron chi connectivity index (χ0n) is 15.1. The van der Waals surface area contributed by atoms with Crippen LogP contribution in [0.3, 0.4) is 0 Å². The lowest BCUT2D eigenvalue weighted by Gasteiger charge is -2.18. The molecule has 0 radical (unpaired) electrons. The first-order chi connectivity index (χ1) is 12.6. The normalized spacial score (nSPS) is 11.0. The van der Waals surface area contributed by atoms with Gasteiger partial charge in [0.15, 0.2) is 0 Å². The van der Waals surface area contributed by atoms with Crippen molar-refractivity contribution in [2.45, 2.75) is 6.92 Å². The summed E-state index contributed by atoms with van der Waals surface area (Å²) in [7, 11) is 3.49. The number of hydrogen-bond acceptors (Lipinski definition) is 2. The molecule has 4 heteroatoms. The Bertz CT molecular complexity index is 1130. The number of nitrogens with zero attached hydrogens (tertiary/aromatic N) is 2. The molecule has 0 aliphatic heterocycles. The van der Waals surface area contributed by atoms with Crippen LogP contribution in [-0.4, -0.2) is 16.1 Å². The van der Waals surface area contributed by atoms with E-state index in [0.717, 1.165) is 28.3 Å². The fourth-order valence-corrected chi connectivity index (χ4v) is 3.36. The number of aromatic nitrogens is 2. The zero-order chi connectivity index (χ0) is 18.3. The minimum Gasteiger partial charge on any atom is -0.497 e. The van der Waals surface area contributed by atoms with Crippen LogP contribution in [0.4, 0.5) is 0 Å². The molecule has 2 aromatic carbocycles. The molecule has 4 rings (SSSR count). The van der Waals surface area contributed by atoms with E-state index in [1.807, 2.05) is 54.0 Å². The summed E-state index contributed by atoms with van der Waals surface area (Å²) in [6.45, 7) is 2.06. The minimum atomic E-state index is -0.0113. The van der Waals surface area contributed by atoms with Gasteiger partial charge in [-0.3, -0.25) is 4.79 Å². The van der Waals surface area contributed by atoms with E-state index in [-0.39, 0.29) is 5.56 Å². The van der Waals surface area contributed by atoms with E-state index in [1.165, 1.54) is 5.56 Å². The van der Waals surface area contributed by atoms with Crippen LogP contribution >= 0.6 is 0 Å². The summed E-state index contributed by atoms with van der Waals surface area (Å²) in [5.41, 5.74) is 5.75. The van der Waals surface area contributed by atoms with Gasteiger partial charge in [0.1, 0.15) is 11.3 Å². The first-order valence-corrected chi connectivity index (χ1v) is 8.51. The van der Waals surface area contributed by atoms with Gasteiger partial charge >= 0.3 is 0 Å². The summed E-state index contributed by atoms with van der Waals surface area (Å²) in [5.74, 6) is 0.805. The van der Waals surface area contributed by atoms with Gasteiger partial charge in [-0.15, -0.1) is 0 Å². The molecular weight excluding hydrogens is 324 g/mol. The molecule has 0 bridgehead atoms. The molecule has 0 aliphatic rings. The number of benzene rings is 2. The Morgan fingerprint density at radius 1 is 0.846 bits per heavy atom. The highest BCUT2D eigenvalue weighted by atomic mass is 16.5. The van der Waals surface area contributed by atoms with E-state index in [2.05, 4.69) is 31.2 Å². The zero-order valence-corrected chi connectivity index (χ0v) is 15.1. The van der Waals surface area contributed by atoms with Crippen molar-refractivity contribution >= 4 is 5.52 Å². The van der Waals surface area contributed by atoms with Crippen molar-refractivity contribution in [1.82, 2.24) is 8.97 Å². The van der Waals surface area contributed by atoms with Crippen molar-refractivity contribution in [3.05, 3.63) is 82.8 Å². The summed E-state index contributed by atoms with van der Waals surface area (Å²) in [5, 5.41) is 0. The van der Waals surface area contributed by atoms with Crippen molar-refractivity contribution in [3.8, 4) is 28.3 Å². The average Bonchev–Trinajstić information content (AvgIpc) is 3.15. The molecular formula is C22H20N2O2. The van der Waals surface area contributed by atoms with Gasteiger partial charge < -0.3 is 13.7 Å². The smallest absolute Gasteiger partial charge is 0.275 e. The van der Waals surface area contributed by atoms with E-state index < -0.39 is 0 Å². The van der Waals surface area contributed by atoms with Gasteiger partial charge in [-0.1, -0.05) is 29.8 Å². The van der Waals surface area contributed by atoms with Crippen molar-refractivity contribution in [1.29, 1.82) is 0 Å². The number of aryl methyl sites for hydroxylation is 1. The number of methoxy groups -OCH3 is 1. The van der Waals surface area contributed by atoms with E-state index in [1.54, 1.807) is 11.7 Å². The van der Waals surface area contributed by atoms with Crippen LogP contribution in [0.1, 0.15) is 5.56 Å². The second-order valence-corrected chi connectivity index (χ2v) is 6.42. The quantitative estimate of drug-likeness (QED) is 0.556. The largest absolute Gasteiger partial charge is 0.497 e. The molecule has 0 spiro atoms. The Hall–Kier alpha value is -3.27. The highest BCUT2D eigenvalue weighted by Crippen LogP contribution is 2.32. The first-order valence-electron chi connectivity index (χ1n) is 8.51. The summed E-state index contributed by atoms with van der Waals surface area (Å²) in [6, 6.07) is 19.9. The minimum absolute atomic E-state index is 0.0113. The molecule has 0 unspecified atom stereocenters. The molecule has 0 fully saturated rings. The second-order valence-electron chi connectivity index (χ2n) is 6.42. The Labute approximate surface area is 151 Å². The van der Waals surface area contributed by atoms with Crippen molar-refractivity contribution < 1.29 is 4.74 Å². The summed E-state index contributed by atoms with van der Waals surface area (Å²) in [4.78, 5) is 12.9. The maximum atomic E-state index is 12.9. The Morgan fingerprint density at radius 3 is 2.12 bits per heavy atom. The van der Waals surface area contributed by atoms with Gasteiger partial charge in [0.05, 0.1) is 18.5 Å². The summed E-state index contributed by atoms with van der Waals surface area (Å²) in [6.07, 6.45) is 1.94. The van der Waals surface area contributed by atoms with Crippen LogP contribution in [-0.2, 0) is 7.05 Å². The lowest BCUT2D eigenvalue weighted by atomic mass is 10.0. The van der Waals surface area contributed by atoms with Crippen LogP contribution in [0.15, 0.2) is 71.7 Å². The topological polar surface area (TPSA) is 35.6 Å². The molecule has 0 saturated carbocycles. The van der Waals surface area contributed by atoms with Gasteiger partial charge in [-0.25, -0.2) is 0 Å². The van der Waals surface area contributed by atoms with Gasteiger partial charge in [-0.2, -0.15) is 0 Å². The number of hydrogen-bond donors (Lipinski definition) is 0. The van der Waals surface area contributed by atoms with Gasteiger partial charge in [0, 0.05) is 24.4 Å². The van der Waals surface area contributed by atoms with E-state index in [4.69, 9.17) is 4.74 Å². The molecule has 4 nitrogen and oxygen atoms in total. The molecule has 0 saturated heterocycles. The Kier molecular flexibility index (Phi) is 3.88. The van der Waals surface area contributed by atoms with E-state index in [0.29, 0.717) is 5.52 Å². The molecule has 0 N–H and O–H groups in total. The number of ether oxygens (including phenoxy) is 1. The predicted octanol–water partition coefficient (Wildman–Crippen LogP) is 4.29. The van der Waals surface area contributed by atoms with Crippen LogP contribution < -0.4 is 10.3 Å². The molecule has 2 heterocycles. The standard InChI is InChI=1S/C22H20N2O2/c1-15-6-8-16(9-7-15)20-21(17-10-12-18(26-3)13-11-17)24-14-4-5-19(24)22(25)23(20)2/h4-14H,1-3H3. The van der Waals surface area contributed by atoms with Crippen LogP contribution in [0.2, 0.25) is 0 Å². The van der Waals surface area contributed by atoms with E-state index in [9.17, 15) is 4.79 Å². The first kappa shape index (κ1) is 16.2. The lowest BCUT2D eigenvalue weighted by molar-refractivity contribution is 0.415. The number of rotatable bonds is 3. The van der Waals surface area contributed by atoms with Crippen LogP contribution in [0.25, 0.3) is 28.0 Å². The second kappa shape index (κ2) is 6.23. The average molecular weight is 344 g/mol. The molecule has 0 aliphatic carbocycles. The fourth-order valence-electron chi connectivity index (χ4n) is 3.36. The van der Waals surface area contributed by atoms with Gasteiger partial charge in [0.25, 0.3) is 5.56 Å². The van der Waals surface area contributed by atoms with Crippen molar-refractivity contribution in [2.24, 2.45) is 7.05 Å². The van der Waals surface area contributed by atoms with Gasteiger partial charge in [0.2, 0.25) is 0 Å². The third kappa shape index (κ3) is 2.51. The monoisotopic (exact) mass is 344 g/mol. The van der Waals surface area contributed by atoms with E-state index >= 15 is 0 Å². The van der Waals surface area contributed by atoms with Crippen LogP contribution in [0.5, 0.6) is 5.75 Å². The lowest BCUT2D eigenvalue weighted by Crippen LogP contribution is -2.22. The summed E-state index contributed by atoms with van der Waals surface area (Å²) < 4.78 is 8.99. The third-order valence-electron chi connectivity index (χ3n) is 4.76. The maximum absolute atomic E-state index is 12.9. The van der Waals surface area contributed by atoms with Gasteiger partial charge in [-0.05, 0) is 43.3 Å². The third-order valence-corrected chi connectivity index (χ3v) is 4.76. The molecule has 26 heavy (non-hydrogen) atoms. The molecule has 0 atom stereocenters.